The van der Waals surface area contributed by atoms with Crippen molar-refractivity contribution in [1.82, 2.24) is 10.6 Å². The van der Waals surface area contributed by atoms with Gasteiger partial charge in [-0.1, -0.05) is 12.1 Å². The van der Waals surface area contributed by atoms with Crippen LogP contribution in [-0.2, 0) is 12.1 Å². The molecule has 3 N–H and O–H groups in total. The van der Waals surface area contributed by atoms with E-state index in [1.54, 1.807) is 20.1 Å². The van der Waals surface area contributed by atoms with Gasteiger partial charge >= 0.3 is 0 Å². The Hall–Kier alpha value is -2.47. The Bertz CT molecular complexity index is 751. The molecule has 0 aliphatic carbocycles. The van der Waals surface area contributed by atoms with Crippen molar-refractivity contribution in [2.75, 3.05) is 20.2 Å². The number of benzene rings is 1. The molecule has 142 valence electrons. The van der Waals surface area contributed by atoms with Gasteiger partial charge in [-0.25, -0.2) is 4.99 Å². The predicted molar refractivity (Wildman–Crippen MR) is 104 cm³/mol. The van der Waals surface area contributed by atoms with E-state index in [9.17, 15) is 5.11 Å². The normalized spacial score (nSPS) is 14.0. The molecule has 0 amide bonds. The number of rotatable bonds is 7. The van der Waals surface area contributed by atoms with E-state index in [-0.39, 0.29) is 6.54 Å². The first-order valence-electron chi connectivity index (χ1n) is 8.80. The van der Waals surface area contributed by atoms with Gasteiger partial charge in [0.15, 0.2) is 5.96 Å². The third-order valence-corrected chi connectivity index (χ3v) is 4.09. The summed E-state index contributed by atoms with van der Waals surface area (Å²) in [6.45, 7) is 9.13. The minimum Gasteiger partial charge on any atom is -0.496 e. The third-order valence-electron chi connectivity index (χ3n) is 4.09. The van der Waals surface area contributed by atoms with Gasteiger partial charge in [-0.05, 0) is 57.0 Å². The number of furan rings is 1. The van der Waals surface area contributed by atoms with E-state index in [2.05, 4.69) is 21.7 Å². The van der Waals surface area contributed by atoms with Crippen LogP contribution in [0.4, 0.5) is 0 Å². The van der Waals surface area contributed by atoms with E-state index in [4.69, 9.17) is 9.15 Å². The average molecular weight is 359 g/mol. The summed E-state index contributed by atoms with van der Waals surface area (Å²) in [6.07, 6.45) is 0. The van der Waals surface area contributed by atoms with E-state index in [0.717, 1.165) is 29.2 Å². The highest BCUT2D eigenvalue weighted by Gasteiger charge is 2.27. The minimum absolute atomic E-state index is 0.285. The smallest absolute Gasteiger partial charge is 0.191 e. The fourth-order valence-electron chi connectivity index (χ4n) is 2.62. The Morgan fingerprint density at radius 1 is 1.23 bits per heavy atom. The van der Waals surface area contributed by atoms with E-state index in [1.165, 1.54) is 0 Å². The molecule has 0 saturated carbocycles. The third kappa shape index (κ3) is 5.26. The van der Waals surface area contributed by atoms with Gasteiger partial charge in [0.2, 0.25) is 0 Å². The molecule has 1 heterocycles. The standard InChI is InChI=1S/C20H29N3O3/c1-6-21-19(22-12-16-8-9-17(25-5)14(2)11-16)23-13-20(4,24)18-10-7-15(3)26-18/h7-11,24H,6,12-13H2,1-5H3,(H2,21,22,23). The number of hydrogen-bond donors (Lipinski definition) is 3. The van der Waals surface area contributed by atoms with Crippen LogP contribution in [0.15, 0.2) is 39.7 Å². The zero-order valence-electron chi connectivity index (χ0n) is 16.2. The number of aliphatic imine (C=N–C) groups is 1. The zero-order valence-corrected chi connectivity index (χ0v) is 16.2. The van der Waals surface area contributed by atoms with Crippen molar-refractivity contribution in [1.29, 1.82) is 0 Å². The molecule has 0 aliphatic rings. The van der Waals surface area contributed by atoms with E-state index in [0.29, 0.717) is 18.3 Å². The molecule has 1 aromatic heterocycles. The molecule has 0 saturated heterocycles. The highest BCUT2D eigenvalue weighted by atomic mass is 16.5. The van der Waals surface area contributed by atoms with Crippen molar-refractivity contribution in [2.24, 2.45) is 4.99 Å². The van der Waals surface area contributed by atoms with Crippen LogP contribution in [0.2, 0.25) is 0 Å². The summed E-state index contributed by atoms with van der Waals surface area (Å²) in [4.78, 5) is 4.59. The van der Waals surface area contributed by atoms with Crippen molar-refractivity contribution in [3.05, 3.63) is 53.0 Å². The highest BCUT2D eigenvalue weighted by Crippen LogP contribution is 2.22. The maximum atomic E-state index is 10.6. The second-order valence-electron chi connectivity index (χ2n) is 6.54. The SMILES string of the molecule is CCNC(=NCc1ccc(OC)c(C)c1)NCC(C)(O)c1ccc(C)o1. The molecule has 1 unspecified atom stereocenters. The Morgan fingerprint density at radius 2 is 2.00 bits per heavy atom. The lowest BCUT2D eigenvalue weighted by atomic mass is 10.0. The summed E-state index contributed by atoms with van der Waals surface area (Å²) in [7, 11) is 1.67. The van der Waals surface area contributed by atoms with Gasteiger partial charge in [0, 0.05) is 6.54 Å². The van der Waals surface area contributed by atoms with Gasteiger partial charge in [-0.2, -0.15) is 0 Å². The van der Waals surface area contributed by atoms with Gasteiger partial charge in [-0.15, -0.1) is 0 Å². The number of aliphatic hydroxyl groups is 1. The van der Waals surface area contributed by atoms with Crippen molar-refractivity contribution >= 4 is 5.96 Å². The molecule has 0 spiro atoms. The maximum Gasteiger partial charge on any atom is 0.191 e. The lowest BCUT2D eigenvalue weighted by Gasteiger charge is -2.22. The molecule has 0 radical (unpaired) electrons. The molecule has 1 aromatic carbocycles. The lowest BCUT2D eigenvalue weighted by molar-refractivity contribution is 0.0378. The van der Waals surface area contributed by atoms with Crippen LogP contribution in [0.5, 0.6) is 5.75 Å². The molecule has 0 bridgehead atoms. The van der Waals surface area contributed by atoms with Gasteiger partial charge < -0.3 is 24.9 Å². The van der Waals surface area contributed by atoms with Gasteiger partial charge in [0.1, 0.15) is 22.9 Å². The first-order chi connectivity index (χ1) is 12.4. The first kappa shape index (κ1) is 19.8. The number of methoxy groups -OCH3 is 1. The van der Waals surface area contributed by atoms with Crippen molar-refractivity contribution < 1.29 is 14.3 Å². The molecule has 0 aliphatic heterocycles. The van der Waals surface area contributed by atoms with E-state index >= 15 is 0 Å². The number of hydrogen-bond acceptors (Lipinski definition) is 4. The molecular formula is C20H29N3O3. The van der Waals surface area contributed by atoms with Crippen molar-refractivity contribution in [2.45, 2.75) is 39.8 Å². The van der Waals surface area contributed by atoms with Crippen molar-refractivity contribution in [3.8, 4) is 5.75 Å². The van der Waals surface area contributed by atoms with Crippen LogP contribution in [0.1, 0.15) is 36.5 Å². The van der Waals surface area contributed by atoms with Crippen LogP contribution in [0, 0.1) is 13.8 Å². The number of nitrogens with zero attached hydrogens (tertiary/aromatic N) is 1. The summed E-state index contributed by atoms with van der Waals surface area (Å²) in [5.41, 5.74) is 1.05. The summed E-state index contributed by atoms with van der Waals surface area (Å²) in [6, 6.07) is 9.65. The Morgan fingerprint density at radius 3 is 2.58 bits per heavy atom. The highest BCUT2D eigenvalue weighted by molar-refractivity contribution is 5.79. The number of aryl methyl sites for hydroxylation is 2. The Balaban J connectivity index is 2.03. The quantitative estimate of drug-likeness (QED) is 0.523. The fraction of sp³-hybridized carbons (Fsp3) is 0.450. The molecule has 2 aromatic rings. The molecule has 1 atom stereocenters. The van der Waals surface area contributed by atoms with Crippen LogP contribution < -0.4 is 15.4 Å². The van der Waals surface area contributed by atoms with Gasteiger partial charge in [0.05, 0.1) is 20.2 Å². The lowest BCUT2D eigenvalue weighted by Crippen LogP contribution is -2.44. The summed E-state index contributed by atoms with van der Waals surface area (Å²) in [5.74, 6) is 2.82. The van der Waals surface area contributed by atoms with Crippen LogP contribution in [0.25, 0.3) is 0 Å². The zero-order chi connectivity index (χ0) is 19.2. The molecule has 0 fully saturated rings. The van der Waals surface area contributed by atoms with Gasteiger partial charge in [-0.3, -0.25) is 0 Å². The minimum atomic E-state index is -1.12. The average Bonchev–Trinajstić information content (AvgIpc) is 3.05. The van der Waals surface area contributed by atoms with Gasteiger partial charge in [0.25, 0.3) is 0 Å². The van der Waals surface area contributed by atoms with Crippen LogP contribution in [-0.4, -0.2) is 31.3 Å². The van der Waals surface area contributed by atoms with E-state index < -0.39 is 5.60 Å². The first-order valence-corrected chi connectivity index (χ1v) is 8.80. The van der Waals surface area contributed by atoms with Crippen LogP contribution >= 0.6 is 0 Å². The molecule has 2 rings (SSSR count). The monoisotopic (exact) mass is 359 g/mol. The van der Waals surface area contributed by atoms with E-state index in [1.807, 2.05) is 39.0 Å². The molecule has 6 nitrogen and oxygen atoms in total. The second kappa shape index (κ2) is 8.76. The summed E-state index contributed by atoms with van der Waals surface area (Å²) < 4.78 is 10.8. The fourth-order valence-corrected chi connectivity index (χ4v) is 2.62. The molecular weight excluding hydrogens is 330 g/mol. The van der Waals surface area contributed by atoms with Crippen LogP contribution in [0.3, 0.4) is 0 Å². The molecule has 26 heavy (non-hydrogen) atoms. The summed E-state index contributed by atoms with van der Waals surface area (Å²) in [5, 5.41) is 17.0. The Kier molecular flexibility index (Phi) is 6.69. The largest absolute Gasteiger partial charge is 0.496 e. The summed E-state index contributed by atoms with van der Waals surface area (Å²) >= 11 is 0. The second-order valence-corrected chi connectivity index (χ2v) is 6.54. The Labute approximate surface area is 155 Å². The topological polar surface area (TPSA) is 79.0 Å². The predicted octanol–water partition coefficient (Wildman–Crippen LogP) is 2.87. The number of guanidine groups is 1. The molecule has 6 heteroatoms. The number of nitrogens with one attached hydrogen (secondary N) is 2. The maximum absolute atomic E-state index is 10.6. The number of ether oxygens (including phenoxy) is 1. The van der Waals surface area contributed by atoms with Crippen molar-refractivity contribution in [3.63, 3.8) is 0 Å².